The highest BCUT2D eigenvalue weighted by Gasteiger charge is 2.22. The van der Waals surface area contributed by atoms with Crippen molar-refractivity contribution in [2.45, 2.75) is 32.8 Å². The monoisotopic (exact) mass is 320 g/mol. The van der Waals surface area contributed by atoms with Crippen molar-refractivity contribution in [3.63, 3.8) is 0 Å². The highest BCUT2D eigenvalue weighted by molar-refractivity contribution is 5.56. The number of hydrogen-bond acceptors (Lipinski definition) is 6. The fourth-order valence-electron chi connectivity index (χ4n) is 2.77. The zero-order valence-corrected chi connectivity index (χ0v) is 12.5. The molecule has 2 aromatic rings. The summed E-state index contributed by atoms with van der Waals surface area (Å²) in [7, 11) is 0. The standard InChI is InChI=1S/C17H20O6/c18-6-13-12(5-10-1-3-11(22)4-2-10)14(7-19)16(9-21)17(23)15(13)8-20/h1-4,18-23H,5-9H2. The molecule has 0 aliphatic rings. The predicted molar refractivity (Wildman–Crippen MR) is 82.7 cm³/mol. The second kappa shape index (κ2) is 7.43. The Morgan fingerprint density at radius 2 is 1.00 bits per heavy atom. The minimum atomic E-state index is -0.497. The number of phenols is 2. The van der Waals surface area contributed by atoms with E-state index in [1.54, 1.807) is 12.1 Å². The summed E-state index contributed by atoms with van der Waals surface area (Å²) in [4.78, 5) is 0. The molecule has 0 aromatic heterocycles. The number of phenolic OH excluding ortho intramolecular Hbond substituents is 1. The lowest BCUT2D eigenvalue weighted by Gasteiger charge is -2.21. The maximum absolute atomic E-state index is 10.2. The smallest absolute Gasteiger partial charge is 0.127 e. The average molecular weight is 320 g/mol. The van der Waals surface area contributed by atoms with Gasteiger partial charge in [0.1, 0.15) is 11.5 Å². The number of aromatic hydroxyl groups is 2. The summed E-state index contributed by atoms with van der Waals surface area (Å²) in [6.45, 7) is -1.84. The van der Waals surface area contributed by atoms with Crippen LogP contribution in [-0.4, -0.2) is 30.6 Å². The van der Waals surface area contributed by atoms with E-state index in [-0.39, 0.29) is 22.6 Å². The van der Waals surface area contributed by atoms with Crippen LogP contribution in [0.3, 0.4) is 0 Å². The number of benzene rings is 2. The molecule has 0 aliphatic carbocycles. The lowest BCUT2D eigenvalue weighted by Crippen LogP contribution is -2.11. The van der Waals surface area contributed by atoms with E-state index in [1.807, 2.05) is 0 Å². The number of aliphatic hydroxyl groups excluding tert-OH is 4. The Balaban J connectivity index is 2.65. The van der Waals surface area contributed by atoms with Crippen molar-refractivity contribution in [2.24, 2.45) is 0 Å². The molecule has 0 radical (unpaired) electrons. The third-order valence-electron chi connectivity index (χ3n) is 3.98. The molecule has 0 unspecified atom stereocenters. The van der Waals surface area contributed by atoms with Gasteiger partial charge in [-0.05, 0) is 40.8 Å². The fraction of sp³-hybridized carbons (Fsp3) is 0.294. The van der Waals surface area contributed by atoms with Crippen molar-refractivity contribution in [2.75, 3.05) is 0 Å². The van der Waals surface area contributed by atoms with Crippen molar-refractivity contribution in [1.29, 1.82) is 0 Å². The predicted octanol–water partition coefficient (Wildman–Crippen LogP) is 0.658. The van der Waals surface area contributed by atoms with E-state index in [9.17, 15) is 30.6 Å². The molecule has 0 heterocycles. The van der Waals surface area contributed by atoms with E-state index < -0.39 is 26.4 Å². The van der Waals surface area contributed by atoms with Crippen LogP contribution < -0.4 is 0 Å². The van der Waals surface area contributed by atoms with E-state index in [2.05, 4.69) is 0 Å². The van der Waals surface area contributed by atoms with Crippen LogP contribution in [0.15, 0.2) is 24.3 Å². The van der Waals surface area contributed by atoms with Gasteiger partial charge in [0.25, 0.3) is 0 Å². The summed E-state index contributed by atoms with van der Waals surface area (Å²) in [5.74, 6) is -0.186. The van der Waals surface area contributed by atoms with E-state index in [4.69, 9.17) is 0 Å². The van der Waals surface area contributed by atoms with Crippen molar-refractivity contribution >= 4 is 0 Å². The summed E-state index contributed by atoms with van der Waals surface area (Å²) < 4.78 is 0. The maximum Gasteiger partial charge on any atom is 0.127 e. The molecular weight excluding hydrogens is 300 g/mol. The van der Waals surface area contributed by atoms with Crippen LogP contribution in [0.5, 0.6) is 11.5 Å². The van der Waals surface area contributed by atoms with E-state index in [0.717, 1.165) is 5.56 Å². The summed E-state index contributed by atoms with van der Waals surface area (Å²) in [6.07, 6.45) is 0.312. The normalized spacial score (nSPS) is 11.0. The topological polar surface area (TPSA) is 121 Å². The Morgan fingerprint density at radius 3 is 1.39 bits per heavy atom. The SMILES string of the molecule is OCc1c(O)c(CO)c(CO)c(Cc2ccc(O)cc2)c1CO. The molecule has 0 bridgehead atoms. The highest BCUT2D eigenvalue weighted by atomic mass is 16.3. The number of hydrogen-bond donors (Lipinski definition) is 6. The van der Waals surface area contributed by atoms with Crippen LogP contribution in [0.25, 0.3) is 0 Å². The van der Waals surface area contributed by atoms with Gasteiger partial charge in [0, 0.05) is 11.1 Å². The van der Waals surface area contributed by atoms with Gasteiger partial charge >= 0.3 is 0 Å². The zero-order chi connectivity index (χ0) is 17.0. The first kappa shape index (κ1) is 17.2. The third kappa shape index (κ3) is 3.30. The number of rotatable bonds is 6. The molecule has 0 fully saturated rings. The first-order chi connectivity index (χ1) is 11.1. The molecular formula is C17H20O6. The lowest BCUT2D eigenvalue weighted by molar-refractivity contribution is 0.239. The second-order valence-corrected chi connectivity index (χ2v) is 5.22. The van der Waals surface area contributed by atoms with Crippen LogP contribution in [0.2, 0.25) is 0 Å². The van der Waals surface area contributed by atoms with Gasteiger partial charge in [-0.25, -0.2) is 0 Å². The largest absolute Gasteiger partial charge is 0.508 e. The van der Waals surface area contributed by atoms with Crippen molar-refractivity contribution in [1.82, 2.24) is 0 Å². The zero-order valence-electron chi connectivity index (χ0n) is 12.5. The summed E-state index contributed by atoms with van der Waals surface area (Å²) in [5, 5.41) is 57.8. The van der Waals surface area contributed by atoms with Crippen molar-refractivity contribution in [3.05, 3.63) is 57.6 Å². The van der Waals surface area contributed by atoms with Crippen LogP contribution in [0, 0.1) is 0 Å². The Kier molecular flexibility index (Phi) is 5.57. The van der Waals surface area contributed by atoms with Gasteiger partial charge in [0.15, 0.2) is 0 Å². The van der Waals surface area contributed by atoms with Gasteiger partial charge in [-0.15, -0.1) is 0 Å². The fourth-order valence-corrected chi connectivity index (χ4v) is 2.77. The lowest BCUT2D eigenvalue weighted by atomic mass is 9.87. The number of aliphatic hydroxyl groups is 4. The van der Waals surface area contributed by atoms with Crippen molar-refractivity contribution in [3.8, 4) is 11.5 Å². The van der Waals surface area contributed by atoms with Gasteiger partial charge in [0.2, 0.25) is 0 Å². The van der Waals surface area contributed by atoms with Crippen LogP contribution in [-0.2, 0) is 32.8 Å². The van der Waals surface area contributed by atoms with Gasteiger partial charge in [-0.1, -0.05) is 12.1 Å². The molecule has 2 rings (SSSR count). The Morgan fingerprint density at radius 1 is 0.565 bits per heavy atom. The van der Waals surface area contributed by atoms with Crippen LogP contribution in [0.4, 0.5) is 0 Å². The van der Waals surface area contributed by atoms with Gasteiger partial charge < -0.3 is 30.6 Å². The minimum absolute atomic E-state index is 0.122. The summed E-state index contributed by atoms with van der Waals surface area (Å²) in [5.41, 5.74) is 2.31. The van der Waals surface area contributed by atoms with Gasteiger partial charge in [-0.3, -0.25) is 0 Å². The first-order valence-corrected chi connectivity index (χ1v) is 7.15. The van der Waals surface area contributed by atoms with E-state index >= 15 is 0 Å². The maximum atomic E-state index is 10.2. The molecule has 124 valence electrons. The Labute approximate surface area is 133 Å². The molecule has 0 spiro atoms. The summed E-state index contributed by atoms with van der Waals surface area (Å²) >= 11 is 0. The van der Waals surface area contributed by atoms with Crippen LogP contribution >= 0.6 is 0 Å². The van der Waals surface area contributed by atoms with Crippen molar-refractivity contribution < 1.29 is 30.6 Å². The molecule has 6 nitrogen and oxygen atoms in total. The molecule has 0 saturated heterocycles. The molecule has 0 atom stereocenters. The molecule has 23 heavy (non-hydrogen) atoms. The minimum Gasteiger partial charge on any atom is -0.508 e. The first-order valence-electron chi connectivity index (χ1n) is 7.15. The molecule has 0 amide bonds. The second-order valence-electron chi connectivity index (χ2n) is 5.22. The third-order valence-corrected chi connectivity index (χ3v) is 3.98. The van der Waals surface area contributed by atoms with Gasteiger partial charge in [0.05, 0.1) is 26.4 Å². The quantitative estimate of drug-likeness (QED) is 0.465. The average Bonchev–Trinajstić information content (AvgIpc) is 2.57. The Hall–Kier alpha value is -2.12. The van der Waals surface area contributed by atoms with E-state index in [1.165, 1.54) is 12.1 Å². The molecule has 6 heteroatoms. The summed E-state index contributed by atoms with van der Waals surface area (Å²) in [6, 6.07) is 6.43. The molecule has 2 aromatic carbocycles. The van der Waals surface area contributed by atoms with Gasteiger partial charge in [-0.2, -0.15) is 0 Å². The highest BCUT2D eigenvalue weighted by Crippen LogP contribution is 2.35. The molecule has 0 saturated carbocycles. The Bertz CT molecular complexity index is 645. The van der Waals surface area contributed by atoms with E-state index in [0.29, 0.717) is 23.1 Å². The molecule has 6 N–H and O–H groups in total. The van der Waals surface area contributed by atoms with Crippen LogP contribution in [0.1, 0.15) is 33.4 Å². The molecule has 0 aliphatic heterocycles.